The Bertz CT molecular complexity index is 917. The fourth-order valence-corrected chi connectivity index (χ4v) is 4.21. The molecule has 0 saturated carbocycles. The molecule has 1 aromatic carbocycles. The van der Waals surface area contributed by atoms with Crippen molar-refractivity contribution < 1.29 is 9.59 Å². The van der Waals surface area contributed by atoms with Crippen molar-refractivity contribution in [2.75, 3.05) is 18.4 Å². The number of nitrogens with one attached hydrogen (secondary N) is 3. The Morgan fingerprint density at radius 2 is 1.90 bits per heavy atom. The minimum atomic E-state index is -0.287. The molecule has 3 heterocycles. The van der Waals surface area contributed by atoms with Gasteiger partial charge in [0.1, 0.15) is 6.04 Å². The first-order valence-electron chi connectivity index (χ1n) is 10.6. The van der Waals surface area contributed by atoms with Gasteiger partial charge in [0.05, 0.1) is 5.92 Å². The number of carbonyl (C=O) groups excluding carboxylic acids is 2. The Kier molecular flexibility index (Phi) is 6.11. The summed E-state index contributed by atoms with van der Waals surface area (Å²) in [7, 11) is 0. The number of nitrogens with zero attached hydrogens (tertiary/aromatic N) is 2. The summed E-state index contributed by atoms with van der Waals surface area (Å²) in [5.41, 5.74) is 10.6. The fraction of sp³-hybridized carbons (Fsp3) is 0.435. The van der Waals surface area contributed by atoms with Crippen molar-refractivity contribution in [1.82, 2.24) is 20.7 Å². The van der Waals surface area contributed by atoms with E-state index in [2.05, 4.69) is 28.1 Å². The average molecular weight is 408 g/mol. The third-order valence-electron chi connectivity index (χ3n) is 6.19. The first-order valence-corrected chi connectivity index (χ1v) is 10.6. The van der Waals surface area contributed by atoms with E-state index in [0.717, 1.165) is 29.7 Å². The summed E-state index contributed by atoms with van der Waals surface area (Å²) < 4.78 is 0. The van der Waals surface area contributed by atoms with Gasteiger partial charge in [-0.1, -0.05) is 6.07 Å². The number of carbonyl (C=O) groups is 2. The van der Waals surface area contributed by atoms with Crippen LogP contribution >= 0.6 is 0 Å². The van der Waals surface area contributed by atoms with Gasteiger partial charge in [0, 0.05) is 37.2 Å². The number of pyridine rings is 1. The second-order valence-electron chi connectivity index (χ2n) is 8.32. The lowest BCUT2D eigenvalue weighted by Crippen LogP contribution is -2.50. The van der Waals surface area contributed by atoms with E-state index in [1.54, 1.807) is 12.4 Å². The largest absolute Gasteiger partial charge is 0.341 e. The van der Waals surface area contributed by atoms with Gasteiger partial charge in [-0.05, 0) is 74.1 Å². The normalized spacial score (nSPS) is 23.9. The zero-order valence-corrected chi connectivity index (χ0v) is 17.5. The van der Waals surface area contributed by atoms with Gasteiger partial charge in [-0.2, -0.15) is 0 Å². The predicted molar refractivity (Wildman–Crippen MR) is 116 cm³/mol. The Labute approximate surface area is 177 Å². The van der Waals surface area contributed by atoms with Gasteiger partial charge < -0.3 is 10.2 Å². The highest BCUT2D eigenvalue weighted by molar-refractivity contribution is 5.93. The average Bonchev–Trinajstić information content (AvgIpc) is 3.27. The molecule has 2 amide bonds. The summed E-state index contributed by atoms with van der Waals surface area (Å²) in [5, 5.41) is 3.03. The maximum absolute atomic E-state index is 13.1. The summed E-state index contributed by atoms with van der Waals surface area (Å²) in [5.74, 6) is -0.139. The van der Waals surface area contributed by atoms with Crippen LogP contribution in [-0.4, -0.2) is 40.8 Å². The molecule has 2 fully saturated rings. The zero-order valence-electron chi connectivity index (χ0n) is 17.5. The molecule has 2 saturated heterocycles. The first kappa shape index (κ1) is 20.5. The monoisotopic (exact) mass is 407 g/mol. The minimum absolute atomic E-state index is 0.0112. The van der Waals surface area contributed by atoms with Gasteiger partial charge in [0.25, 0.3) is 0 Å². The van der Waals surface area contributed by atoms with Crippen LogP contribution in [0.4, 0.5) is 5.69 Å². The quantitative estimate of drug-likeness (QED) is 0.725. The van der Waals surface area contributed by atoms with E-state index in [-0.39, 0.29) is 29.8 Å². The predicted octanol–water partition coefficient (Wildman–Crippen LogP) is 2.48. The van der Waals surface area contributed by atoms with Gasteiger partial charge in [0.15, 0.2) is 0 Å². The number of benzene rings is 1. The Morgan fingerprint density at radius 3 is 2.67 bits per heavy atom. The molecule has 2 aromatic rings. The number of piperidine rings is 1. The van der Waals surface area contributed by atoms with E-state index < -0.39 is 0 Å². The zero-order chi connectivity index (χ0) is 21.1. The highest BCUT2D eigenvalue weighted by atomic mass is 16.2. The third kappa shape index (κ3) is 4.52. The molecule has 0 bridgehead atoms. The van der Waals surface area contributed by atoms with E-state index in [9.17, 15) is 9.59 Å². The second-order valence-corrected chi connectivity index (χ2v) is 8.32. The van der Waals surface area contributed by atoms with Crippen molar-refractivity contribution in [3.63, 3.8) is 0 Å². The fourth-order valence-electron chi connectivity index (χ4n) is 4.21. The van der Waals surface area contributed by atoms with E-state index in [1.165, 1.54) is 5.56 Å². The number of amides is 2. The van der Waals surface area contributed by atoms with Crippen LogP contribution in [0.5, 0.6) is 0 Å². The van der Waals surface area contributed by atoms with Crippen molar-refractivity contribution in [1.29, 1.82) is 0 Å². The molecular formula is C23H29N5O2. The van der Waals surface area contributed by atoms with Crippen molar-refractivity contribution in [2.45, 2.75) is 45.2 Å². The summed E-state index contributed by atoms with van der Waals surface area (Å²) in [4.78, 5) is 31.8. The van der Waals surface area contributed by atoms with Crippen LogP contribution in [0.1, 0.15) is 42.0 Å². The van der Waals surface area contributed by atoms with E-state index in [1.807, 2.05) is 42.2 Å². The number of aromatic nitrogens is 1. The van der Waals surface area contributed by atoms with Gasteiger partial charge >= 0.3 is 0 Å². The molecule has 0 radical (unpaired) electrons. The maximum Gasteiger partial charge on any atom is 0.241 e. The van der Waals surface area contributed by atoms with Gasteiger partial charge in [-0.15, -0.1) is 0 Å². The molecule has 3 unspecified atom stereocenters. The number of anilines is 1. The second kappa shape index (κ2) is 8.93. The Hall–Kier alpha value is -2.77. The molecule has 7 nitrogen and oxygen atoms in total. The Morgan fingerprint density at radius 1 is 1.10 bits per heavy atom. The number of aryl methyl sites for hydroxylation is 2. The third-order valence-corrected chi connectivity index (χ3v) is 6.19. The van der Waals surface area contributed by atoms with Crippen molar-refractivity contribution in [3.05, 3.63) is 59.4 Å². The molecule has 2 aliphatic heterocycles. The molecule has 3 N–H and O–H groups in total. The SMILES string of the molecule is Cc1ccc(NC(=O)C2CCCN(C(=O)C3CC(c4ccncc4)NN3)C2)cc1C. The molecular weight excluding hydrogens is 378 g/mol. The van der Waals surface area contributed by atoms with Crippen LogP contribution in [0.25, 0.3) is 0 Å². The van der Waals surface area contributed by atoms with E-state index >= 15 is 0 Å². The number of likely N-dealkylation sites (tertiary alicyclic amines) is 1. The number of hydrogen-bond acceptors (Lipinski definition) is 5. The van der Waals surface area contributed by atoms with Crippen LogP contribution in [0.15, 0.2) is 42.7 Å². The number of rotatable bonds is 4. The highest BCUT2D eigenvalue weighted by Gasteiger charge is 2.36. The molecule has 30 heavy (non-hydrogen) atoms. The molecule has 4 rings (SSSR count). The van der Waals surface area contributed by atoms with Crippen LogP contribution in [0.2, 0.25) is 0 Å². The molecule has 7 heteroatoms. The topological polar surface area (TPSA) is 86.4 Å². The van der Waals surface area contributed by atoms with Crippen molar-refractivity contribution >= 4 is 17.5 Å². The lowest BCUT2D eigenvalue weighted by Gasteiger charge is -2.33. The highest BCUT2D eigenvalue weighted by Crippen LogP contribution is 2.25. The van der Waals surface area contributed by atoms with Gasteiger partial charge in [0.2, 0.25) is 11.8 Å². The number of hydrogen-bond donors (Lipinski definition) is 3. The van der Waals surface area contributed by atoms with Crippen LogP contribution in [0, 0.1) is 19.8 Å². The van der Waals surface area contributed by atoms with Gasteiger partial charge in [-0.25, -0.2) is 10.9 Å². The molecule has 158 valence electrons. The van der Waals surface area contributed by atoms with E-state index in [4.69, 9.17) is 0 Å². The van der Waals surface area contributed by atoms with Crippen LogP contribution < -0.4 is 16.2 Å². The lowest BCUT2D eigenvalue weighted by atomic mass is 9.95. The summed E-state index contributed by atoms with van der Waals surface area (Å²) in [6.45, 7) is 5.25. The van der Waals surface area contributed by atoms with Gasteiger partial charge in [-0.3, -0.25) is 14.6 Å². The minimum Gasteiger partial charge on any atom is -0.341 e. The first-order chi connectivity index (χ1) is 14.5. The van der Waals surface area contributed by atoms with Crippen molar-refractivity contribution in [3.8, 4) is 0 Å². The molecule has 0 aliphatic carbocycles. The van der Waals surface area contributed by atoms with E-state index in [0.29, 0.717) is 19.5 Å². The molecule has 3 atom stereocenters. The summed E-state index contributed by atoms with van der Waals surface area (Å²) in [6.07, 6.45) is 5.84. The lowest BCUT2D eigenvalue weighted by molar-refractivity contribution is -0.136. The summed E-state index contributed by atoms with van der Waals surface area (Å²) >= 11 is 0. The smallest absolute Gasteiger partial charge is 0.241 e. The van der Waals surface area contributed by atoms with Crippen LogP contribution in [-0.2, 0) is 9.59 Å². The van der Waals surface area contributed by atoms with Crippen LogP contribution in [0.3, 0.4) is 0 Å². The Balaban J connectivity index is 1.34. The molecule has 1 aromatic heterocycles. The van der Waals surface area contributed by atoms with Crippen molar-refractivity contribution in [2.24, 2.45) is 5.92 Å². The number of hydrazine groups is 1. The molecule has 2 aliphatic rings. The summed E-state index contributed by atoms with van der Waals surface area (Å²) in [6, 6.07) is 9.64. The standard InChI is InChI=1S/C23H29N5O2/c1-15-5-6-19(12-16(15)2)25-22(29)18-4-3-11-28(14-18)23(30)21-13-20(26-27-21)17-7-9-24-10-8-17/h5-10,12,18,20-21,26-27H,3-4,11,13-14H2,1-2H3,(H,25,29). The molecule has 0 spiro atoms. The maximum atomic E-state index is 13.1.